The first-order valence-corrected chi connectivity index (χ1v) is 16.9. The molecule has 6 rings (SSSR count). The number of nitrogens with zero attached hydrogens (tertiary/aromatic N) is 4. The van der Waals surface area contributed by atoms with E-state index < -0.39 is 12.2 Å². The first-order valence-electron chi connectivity index (χ1n) is 15.7. The summed E-state index contributed by atoms with van der Waals surface area (Å²) in [5, 5.41) is 9.56. The number of anilines is 2. The van der Waals surface area contributed by atoms with Crippen molar-refractivity contribution in [3.05, 3.63) is 45.3 Å². The van der Waals surface area contributed by atoms with Gasteiger partial charge in [-0.15, -0.1) is 17.8 Å². The molecule has 0 saturated carbocycles. The van der Waals surface area contributed by atoms with Gasteiger partial charge in [-0.2, -0.15) is 0 Å². The van der Waals surface area contributed by atoms with Gasteiger partial charge in [0, 0.05) is 68.9 Å². The molecule has 0 spiro atoms. The molecule has 0 radical (unpaired) electrons. The number of carbonyl (C=O) groups is 3. The lowest BCUT2D eigenvalue weighted by molar-refractivity contribution is -0.143. The molecule has 13 heteroatoms. The quantitative estimate of drug-likeness (QED) is 0.323. The van der Waals surface area contributed by atoms with Crippen molar-refractivity contribution in [1.82, 2.24) is 24.9 Å². The molecule has 4 aliphatic rings. The normalized spacial score (nSPS) is 20.7. The van der Waals surface area contributed by atoms with Crippen molar-refractivity contribution in [3.8, 4) is 12.3 Å². The Kier molecular flexibility index (Phi) is 9.70. The van der Waals surface area contributed by atoms with Crippen LogP contribution in [0, 0.1) is 12.3 Å². The molecular weight excluding hydrogens is 614 g/mol. The number of piperidine rings is 2. The van der Waals surface area contributed by atoms with Crippen LogP contribution in [0.15, 0.2) is 23.6 Å². The Labute approximate surface area is 273 Å². The first-order chi connectivity index (χ1) is 21.8. The van der Waals surface area contributed by atoms with E-state index in [1.54, 1.807) is 21.9 Å². The fourth-order valence-corrected chi connectivity index (χ4v) is 7.87. The summed E-state index contributed by atoms with van der Waals surface area (Å²) < 4.78 is 5.99. The highest BCUT2D eigenvalue weighted by atomic mass is 35.5. The Hall–Kier alpha value is -3.50. The van der Waals surface area contributed by atoms with Crippen molar-refractivity contribution in [2.75, 3.05) is 63.4 Å². The summed E-state index contributed by atoms with van der Waals surface area (Å²) in [6.45, 7) is 6.17. The molecule has 4 amide bonds. The third kappa shape index (κ3) is 7.02. The van der Waals surface area contributed by atoms with Crippen LogP contribution >= 0.6 is 22.9 Å². The lowest BCUT2D eigenvalue weighted by Crippen LogP contribution is -2.56. The fraction of sp³-hybridized carbons (Fsp3) is 0.531. The number of fused-ring (bicyclic) bond motifs is 1. The van der Waals surface area contributed by atoms with E-state index in [1.165, 1.54) is 11.3 Å². The average Bonchev–Trinajstić information content (AvgIpc) is 3.53. The molecule has 1 aromatic carbocycles. The van der Waals surface area contributed by atoms with E-state index in [0.29, 0.717) is 73.4 Å². The minimum atomic E-state index is -1.05. The number of urea groups is 1. The minimum Gasteiger partial charge on any atom is -0.436 e. The van der Waals surface area contributed by atoms with Gasteiger partial charge in [0.05, 0.1) is 17.3 Å². The van der Waals surface area contributed by atoms with Gasteiger partial charge in [-0.1, -0.05) is 17.5 Å². The molecule has 11 nitrogen and oxygen atoms in total. The summed E-state index contributed by atoms with van der Waals surface area (Å²) in [6, 6.07) is 5.86. The zero-order valence-electron chi connectivity index (χ0n) is 25.3. The third-order valence-corrected chi connectivity index (χ3v) is 10.7. The molecular formula is C32H40ClN7O4S. The molecule has 0 aliphatic carbocycles. The maximum atomic E-state index is 13.9. The number of thiophene rings is 1. The largest absolute Gasteiger partial charge is 0.436 e. The number of hydrogen-bond acceptors (Lipinski definition) is 8. The summed E-state index contributed by atoms with van der Waals surface area (Å²) in [4.78, 5) is 48.0. The van der Waals surface area contributed by atoms with E-state index in [0.717, 1.165) is 49.6 Å². The van der Waals surface area contributed by atoms with Crippen LogP contribution in [0.4, 0.5) is 20.3 Å². The van der Waals surface area contributed by atoms with E-state index in [4.69, 9.17) is 28.5 Å². The van der Waals surface area contributed by atoms with Crippen LogP contribution in [-0.4, -0.2) is 108 Å². The Morgan fingerprint density at radius 1 is 1.07 bits per heavy atom. The van der Waals surface area contributed by atoms with Crippen molar-refractivity contribution in [2.45, 2.75) is 56.8 Å². The third-order valence-electron chi connectivity index (χ3n) is 9.47. The number of nitrogens with two attached hydrogens (primary N) is 1. The van der Waals surface area contributed by atoms with Crippen LogP contribution in [0.2, 0.25) is 5.02 Å². The van der Waals surface area contributed by atoms with Crippen LogP contribution in [0.5, 0.6) is 0 Å². The zero-order valence-corrected chi connectivity index (χ0v) is 26.9. The molecule has 45 heavy (non-hydrogen) atoms. The average molecular weight is 654 g/mol. The van der Waals surface area contributed by atoms with E-state index in [9.17, 15) is 14.4 Å². The molecule has 3 fully saturated rings. The number of carbonyl (C=O) groups excluding carboxylic acids is 3. The van der Waals surface area contributed by atoms with Crippen molar-refractivity contribution in [2.24, 2.45) is 0 Å². The second-order valence-electron chi connectivity index (χ2n) is 12.2. The van der Waals surface area contributed by atoms with Gasteiger partial charge in [-0.25, -0.2) is 9.59 Å². The highest BCUT2D eigenvalue weighted by Crippen LogP contribution is 2.32. The molecule has 0 bridgehead atoms. The minimum absolute atomic E-state index is 0.00914. The van der Waals surface area contributed by atoms with E-state index in [-0.39, 0.29) is 24.4 Å². The van der Waals surface area contributed by atoms with Crippen molar-refractivity contribution >= 4 is 51.7 Å². The number of nitrogen functional groups attached to an aromatic ring is 1. The lowest BCUT2D eigenvalue weighted by atomic mass is 10.0. The summed E-state index contributed by atoms with van der Waals surface area (Å²) in [6.07, 6.45) is 7.65. The molecule has 240 valence electrons. The number of benzene rings is 1. The van der Waals surface area contributed by atoms with Crippen LogP contribution in [0.1, 0.15) is 42.4 Å². The number of nitrogens with one attached hydrogen (secondary N) is 2. The molecule has 3 saturated heterocycles. The van der Waals surface area contributed by atoms with Gasteiger partial charge in [0.1, 0.15) is 5.00 Å². The zero-order chi connectivity index (χ0) is 31.5. The topological polar surface area (TPSA) is 123 Å². The Bertz CT molecular complexity index is 1460. The van der Waals surface area contributed by atoms with Crippen molar-refractivity contribution in [1.29, 1.82) is 0 Å². The van der Waals surface area contributed by atoms with Gasteiger partial charge in [0.2, 0.25) is 0 Å². The number of likely N-dealkylation sites (tertiary alicyclic amines) is 1. The maximum absolute atomic E-state index is 13.9. The standard InChI is InChI=1S/C32H40ClN7O4S/c1-2-22-17-21(18-26(33)28(22)34)19-27(30(41)38-14-12-37(13-15-38)24-3-8-35-9-4-24)44-32(43)39-10-5-25(6-11-39)40-20-23-7-16-45-29(23)36-31(40)42/h1,7,16-18,24-25,27,35H,3-6,8-15,19-20,34H2,(H,36,42)/t27-/m1/s1. The number of halogens is 1. The number of amides is 4. The second kappa shape index (κ2) is 13.9. The number of ether oxygens (including phenoxy) is 1. The summed E-state index contributed by atoms with van der Waals surface area (Å²) in [7, 11) is 0. The predicted octanol–water partition coefficient (Wildman–Crippen LogP) is 3.42. The van der Waals surface area contributed by atoms with E-state index in [1.807, 2.05) is 16.3 Å². The fourth-order valence-electron chi connectivity index (χ4n) is 6.83. The molecule has 2 aromatic rings. The van der Waals surface area contributed by atoms with Crippen LogP contribution in [-0.2, 0) is 22.5 Å². The first kappa shape index (κ1) is 31.5. The summed E-state index contributed by atoms with van der Waals surface area (Å²) in [5.74, 6) is 2.32. The molecule has 1 aromatic heterocycles. The van der Waals surface area contributed by atoms with Gasteiger partial charge < -0.3 is 30.5 Å². The number of rotatable bonds is 6. The monoisotopic (exact) mass is 653 g/mol. The molecule has 4 N–H and O–H groups in total. The Balaban J connectivity index is 1.11. The van der Waals surface area contributed by atoms with Crippen molar-refractivity contribution in [3.63, 3.8) is 0 Å². The Morgan fingerprint density at radius 3 is 2.51 bits per heavy atom. The van der Waals surface area contributed by atoms with Gasteiger partial charge >= 0.3 is 12.1 Å². The van der Waals surface area contributed by atoms with Gasteiger partial charge in [-0.05, 0) is 67.9 Å². The predicted molar refractivity (Wildman–Crippen MR) is 175 cm³/mol. The number of hydrogen-bond donors (Lipinski definition) is 3. The smallest absolute Gasteiger partial charge is 0.410 e. The van der Waals surface area contributed by atoms with Crippen LogP contribution in [0.3, 0.4) is 0 Å². The molecule has 5 heterocycles. The molecule has 4 aliphatic heterocycles. The number of terminal acetylenes is 1. The lowest BCUT2D eigenvalue weighted by Gasteiger charge is -2.42. The second-order valence-corrected chi connectivity index (χ2v) is 13.5. The molecule has 0 unspecified atom stereocenters. The van der Waals surface area contributed by atoms with E-state index >= 15 is 0 Å². The molecule has 1 atom stereocenters. The van der Waals surface area contributed by atoms with Crippen LogP contribution in [0.25, 0.3) is 0 Å². The summed E-state index contributed by atoms with van der Waals surface area (Å²) >= 11 is 7.89. The summed E-state index contributed by atoms with van der Waals surface area (Å²) in [5.41, 5.74) is 8.55. The maximum Gasteiger partial charge on any atom is 0.410 e. The van der Waals surface area contributed by atoms with Gasteiger partial charge in [0.15, 0.2) is 6.10 Å². The van der Waals surface area contributed by atoms with E-state index in [2.05, 4.69) is 21.5 Å². The van der Waals surface area contributed by atoms with Crippen LogP contribution < -0.4 is 16.4 Å². The highest BCUT2D eigenvalue weighted by Gasteiger charge is 2.37. The SMILES string of the molecule is C#Cc1cc(C[C@@H](OC(=O)N2CCC(N3Cc4ccsc4NC3=O)CC2)C(=O)N2CCN(C3CCNCC3)CC2)cc(Cl)c1N. The van der Waals surface area contributed by atoms with Gasteiger partial charge in [-0.3, -0.25) is 15.0 Å². The van der Waals surface area contributed by atoms with Gasteiger partial charge in [0.25, 0.3) is 5.91 Å². The Morgan fingerprint density at radius 2 is 1.80 bits per heavy atom. The van der Waals surface area contributed by atoms with Crippen molar-refractivity contribution < 1.29 is 19.1 Å². The number of piperazine rings is 1. The highest BCUT2D eigenvalue weighted by molar-refractivity contribution is 7.14.